The zero-order valence-electron chi connectivity index (χ0n) is 19.5. The third-order valence-corrected chi connectivity index (χ3v) is 7.39. The summed E-state index contributed by atoms with van der Waals surface area (Å²) in [6, 6.07) is 23.4. The van der Waals surface area contributed by atoms with E-state index in [1.54, 1.807) is 49.6 Å². The number of aromatic nitrogens is 1. The summed E-state index contributed by atoms with van der Waals surface area (Å²) in [7, 11) is 0.108. The van der Waals surface area contributed by atoms with Crippen LogP contribution in [0.4, 0.5) is 5.69 Å². The zero-order chi connectivity index (χ0) is 25.1. The van der Waals surface area contributed by atoms with E-state index in [9.17, 15) is 13.8 Å². The first-order chi connectivity index (χ1) is 17.5. The van der Waals surface area contributed by atoms with Gasteiger partial charge in [0.15, 0.2) is 0 Å². The van der Waals surface area contributed by atoms with Crippen molar-refractivity contribution in [3.63, 3.8) is 0 Å². The number of carbonyl (C=O) groups excluding carboxylic acids is 2. The normalized spacial score (nSPS) is 14.2. The number of fused-ring (bicyclic) bond motifs is 2. The largest absolute Gasteiger partial charge is 0.378 e. The van der Waals surface area contributed by atoms with Crippen molar-refractivity contribution in [2.24, 2.45) is 0 Å². The van der Waals surface area contributed by atoms with Gasteiger partial charge in [-0.2, -0.15) is 0 Å². The minimum absolute atomic E-state index is 0.290. The van der Waals surface area contributed by atoms with Gasteiger partial charge in [0, 0.05) is 31.0 Å². The van der Waals surface area contributed by atoms with Crippen molar-refractivity contribution < 1.29 is 18.5 Å². The molecule has 0 bridgehead atoms. The lowest BCUT2D eigenvalue weighted by atomic mass is 10.1. The molecule has 1 aliphatic rings. The summed E-state index contributed by atoms with van der Waals surface area (Å²) >= 11 is 0. The Balaban J connectivity index is 1.26. The summed E-state index contributed by atoms with van der Waals surface area (Å²) in [5, 5.41) is 5.69. The van der Waals surface area contributed by atoms with E-state index >= 15 is 0 Å². The number of hydrogen-bond acceptors (Lipinski definition) is 5. The van der Waals surface area contributed by atoms with Crippen LogP contribution in [0, 0.1) is 0 Å². The minimum Gasteiger partial charge on any atom is -0.378 e. The van der Waals surface area contributed by atoms with E-state index in [-0.39, 0.29) is 11.8 Å². The molecule has 0 saturated carbocycles. The van der Waals surface area contributed by atoms with Gasteiger partial charge in [0.2, 0.25) is 0 Å². The van der Waals surface area contributed by atoms with Crippen molar-refractivity contribution in [2.75, 3.05) is 12.4 Å². The molecule has 0 spiro atoms. The first kappa shape index (κ1) is 23.6. The van der Waals surface area contributed by atoms with Gasteiger partial charge in [-0.3, -0.25) is 14.6 Å². The Labute approximate surface area is 211 Å². The van der Waals surface area contributed by atoms with Gasteiger partial charge in [-0.15, -0.1) is 0 Å². The van der Waals surface area contributed by atoms with Gasteiger partial charge in [0.05, 0.1) is 44.1 Å². The van der Waals surface area contributed by atoms with Crippen LogP contribution in [0.5, 0.6) is 0 Å². The average molecular weight is 498 g/mol. The monoisotopic (exact) mass is 497 g/mol. The summed E-state index contributed by atoms with van der Waals surface area (Å²) in [6.45, 7) is 0.811. The highest BCUT2D eigenvalue weighted by Crippen LogP contribution is 2.31. The molecule has 0 radical (unpaired) electrons. The second-order valence-electron chi connectivity index (χ2n) is 8.28. The highest BCUT2D eigenvalue weighted by molar-refractivity contribution is 7.85. The molecule has 1 unspecified atom stereocenters. The summed E-state index contributed by atoms with van der Waals surface area (Å²) in [5.41, 5.74) is 4.94. The second-order valence-corrected chi connectivity index (χ2v) is 9.70. The maximum atomic E-state index is 13.1. The third kappa shape index (κ3) is 4.82. The Kier molecular flexibility index (Phi) is 6.71. The molecule has 4 aromatic rings. The van der Waals surface area contributed by atoms with Crippen LogP contribution in [0.15, 0.2) is 94.9 Å². The van der Waals surface area contributed by atoms with Crippen molar-refractivity contribution in [3.8, 4) is 11.1 Å². The number of rotatable bonds is 6. The molecule has 5 rings (SSSR count). The first-order valence-electron chi connectivity index (χ1n) is 11.3. The molecular weight excluding hydrogens is 474 g/mol. The van der Waals surface area contributed by atoms with Crippen molar-refractivity contribution in [1.29, 1.82) is 0 Å². The number of amides is 2. The van der Waals surface area contributed by atoms with Crippen LogP contribution in [-0.2, 0) is 28.7 Å². The Morgan fingerprint density at radius 2 is 1.75 bits per heavy atom. The fraction of sp³-hybridized carbons (Fsp3) is 0.107. The molecule has 36 heavy (non-hydrogen) atoms. The maximum Gasteiger partial charge on any atom is 0.256 e. The molecule has 3 aromatic carbocycles. The lowest BCUT2D eigenvalue weighted by Crippen LogP contribution is -2.23. The number of hydrogen-bond donors (Lipinski definition) is 2. The molecule has 1 aromatic heterocycles. The average Bonchev–Trinajstić information content (AvgIpc) is 3.02. The molecule has 180 valence electrons. The smallest absolute Gasteiger partial charge is 0.256 e. The summed E-state index contributed by atoms with van der Waals surface area (Å²) in [5.74, 6) is -0.638. The summed E-state index contributed by atoms with van der Waals surface area (Å²) in [4.78, 5) is 30.8. The van der Waals surface area contributed by atoms with E-state index < -0.39 is 10.8 Å². The topological polar surface area (TPSA) is 97.4 Å². The molecule has 2 N–H and O–H groups in total. The predicted octanol–water partition coefficient (Wildman–Crippen LogP) is 4.56. The van der Waals surface area contributed by atoms with Crippen LogP contribution in [0.25, 0.3) is 11.1 Å². The van der Waals surface area contributed by atoms with Gasteiger partial charge in [0.1, 0.15) is 0 Å². The lowest BCUT2D eigenvalue weighted by molar-refractivity contribution is 0.0949. The van der Waals surface area contributed by atoms with Gasteiger partial charge in [0.25, 0.3) is 11.8 Å². The van der Waals surface area contributed by atoms with Crippen LogP contribution >= 0.6 is 0 Å². The Hall–Kier alpha value is -4.14. The van der Waals surface area contributed by atoms with E-state index in [0.29, 0.717) is 39.8 Å². The van der Waals surface area contributed by atoms with Gasteiger partial charge in [-0.05, 0) is 47.5 Å². The number of pyridine rings is 1. The SMILES string of the molecule is COCc1ccc(-c2ccc(CNC(=O)c3ccc4c(c3)NC(=O)c3ccccc3S4=O)cc2)cn1. The van der Waals surface area contributed by atoms with Crippen molar-refractivity contribution >= 4 is 28.3 Å². The number of benzene rings is 3. The van der Waals surface area contributed by atoms with Crippen LogP contribution in [0.1, 0.15) is 32.0 Å². The van der Waals surface area contributed by atoms with E-state index in [2.05, 4.69) is 15.6 Å². The van der Waals surface area contributed by atoms with Gasteiger partial charge in [-0.1, -0.05) is 42.5 Å². The van der Waals surface area contributed by atoms with Crippen molar-refractivity contribution in [3.05, 3.63) is 107 Å². The summed E-state index contributed by atoms with van der Waals surface area (Å²) < 4.78 is 18.1. The number of carbonyl (C=O) groups is 2. The first-order valence-corrected chi connectivity index (χ1v) is 12.5. The maximum absolute atomic E-state index is 13.1. The molecule has 0 saturated heterocycles. The molecule has 1 aliphatic heterocycles. The Morgan fingerprint density at radius 1 is 0.972 bits per heavy atom. The van der Waals surface area contributed by atoms with Crippen molar-refractivity contribution in [2.45, 2.75) is 22.9 Å². The number of anilines is 1. The van der Waals surface area contributed by atoms with Gasteiger partial charge < -0.3 is 15.4 Å². The highest BCUT2D eigenvalue weighted by Gasteiger charge is 2.25. The standard InChI is InChI=1S/C28H23N3O4S/c1-35-17-22-12-10-21(16-29-22)19-8-6-18(7-9-19)15-30-27(32)20-11-13-26-24(14-20)31-28(33)23-4-2-3-5-25(23)36(26)34/h2-14,16H,15,17H2,1H3,(H,30,32)(H,31,33). The van der Waals surface area contributed by atoms with E-state index in [4.69, 9.17) is 4.74 Å². The molecule has 7 nitrogen and oxygen atoms in total. The van der Waals surface area contributed by atoms with Crippen LogP contribution in [0.3, 0.4) is 0 Å². The number of nitrogens with one attached hydrogen (secondary N) is 2. The zero-order valence-corrected chi connectivity index (χ0v) is 20.3. The van der Waals surface area contributed by atoms with Gasteiger partial charge >= 0.3 is 0 Å². The Morgan fingerprint density at radius 3 is 2.50 bits per heavy atom. The fourth-order valence-electron chi connectivity index (χ4n) is 3.98. The predicted molar refractivity (Wildman–Crippen MR) is 137 cm³/mol. The van der Waals surface area contributed by atoms with Crippen LogP contribution in [0.2, 0.25) is 0 Å². The fourth-order valence-corrected chi connectivity index (χ4v) is 5.28. The Bertz CT molecular complexity index is 1470. The van der Waals surface area contributed by atoms with Crippen LogP contribution < -0.4 is 10.6 Å². The molecular formula is C28H23N3O4S. The highest BCUT2D eigenvalue weighted by atomic mass is 32.2. The molecule has 1 atom stereocenters. The number of ether oxygens (including phenoxy) is 1. The molecule has 2 heterocycles. The molecule has 0 aliphatic carbocycles. The summed E-state index contributed by atoms with van der Waals surface area (Å²) in [6.07, 6.45) is 1.81. The lowest BCUT2D eigenvalue weighted by Gasteiger charge is -2.10. The van der Waals surface area contributed by atoms with Gasteiger partial charge in [-0.25, -0.2) is 4.21 Å². The molecule has 8 heteroatoms. The van der Waals surface area contributed by atoms with Crippen LogP contribution in [-0.4, -0.2) is 28.1 Å². The third-order valence-electron chi connectivity index (χ3n) is 5.88. The number of nitrogens with zero attached hydrogens (tertiary/aromatic N) is 1. The van der Waals surface area contributed by atoms with Crippen molar-refractivity contribution in [1.82, 2.24) is 10.3 Å². The molecule has 0 fully saturated rings. The van der Waals surface area contributed by atoms with E-state index in [1.807, 2.05) is 42.6 Å². The molecule has 2 amide bonds. The van der Waals surface area contributed by atoms with E-state index in [0.717, 1.165) is 22.4 Å². The van der Waals surface area contributed by atoms with E-state index in [1.165, 1.54) is 0 Å². The quantitative estimate of drug-likeness (QED) is 0.407. The minimum atomic E-state index is -1.53. The second kappa shape index (κ2) is 10.2. The number of methoxy groups -OCH3 is 1.